The molecule has 0 bridgehead atoms. The summed E-state index contributed by atoms with van der Waals surface area (Å²) in [5.74, 6) is -1.84. The summed E-state index contributed by atoms with van der Waals surface area (Å²) in [4.78, 5) is 72.8. The van der Waals surface area contributed by atoms with Gasteiger partial charge >= 0.3 is 0 Å². The second-order valence-corrected chi connectivity index (χ2v) is 7.86. The van der Waals surface area contributed by atoms with E-state index in [4.69, 9.17) is 4.74 Å². The van der Waals surface area contributed by atoms with E-state index >= 15 is 0 Å². The number of benzene rings is 1. The van der Waals surface area contributed by atoms with Gasteiger partial charge in [-0.05, 0) is 36.6 Å². The lowest BCUT2D eigenvalue weighted by molar-refractivity contribution is -0.129. The van der Waals surface area contributed by atoms with Crippen molar-refractivity contribution in [1.29, 1.82) is 0 Å². The van der Waals surface area contributed by atoms with Crippen molar-refractivity contribution in [2.24, 2.45) is 0 Å². The van der Waals surface area contributed by atoms with Crippen molar-refractivity contribution in [2.45, 2.75) is 38.1 Å². The van der Waals surface area contributed by atoms with E-state index in [2.05, 4.69) is 21.3 Å². The van der Waals surface area contributed by atoms with Crippen molar-refractivity contribution in [3.8, 4) is 5.75 Å². The number of carbonyl (C=O) groups excluding carboxylic acids is 6. The summed E-state index contributed by atoms with van der Waals surface area (Å²) >= 11 is 0. The van der Waals surface area contributed by atoms with Crippen LogP contribution in [0, 0.1) is 0 Å². The number of nitrogens with zero attached hydrogens (tertiary/aromatic N) is 1. The van der Waals surface area contributed by atoms with Crippen molar-refractivity contribution < 1.29 is 33.5 Å². The van der Waals surface area contributed by atoms with Gasteiger partial charge in [-0.3, -0.25) is 28.8 Å². The van der Waals surface area contributed by atoms with Gasteiger partial charge in [0.1, 0.15) is 11.8 Å². The predicted octanol–water partition coefficient (Wildman–Crippen LogP) is -0.679. The third kappa shape index (κ3) is 7.93. The molecule has 1 aliphatic heterocycles. The molecule has 0 saturated carbocycles. The number of nitrogens with one attached hydrogen (secondary N) is 4. The van der Waals surface area contributed by atoms with Crippen LogP contribution >= 0.6 is 0 Å². The van der Waals surface area contributed by atoms with Gasteiger partial charge in [0.15, 0.2) is 0 Å². The fourth-order valence-corrected chi connectivity index (χ4v) is 3.43. The molecule has 0 aliphatic carbocycles. The Hall–Kier alpha value is -4.22. The number of likely N-dealkylation sites (N-methyl/N-ethyl adjacent to an activating group) is 1. The summed E-state index contributed by atoms with van der Waals surface area (Å²) in [6, 6.07) is 3.84. The van der Waals surface area contributed by atoms with E-state index < -0.39 is 29.7 Å². The van der Waals surface area contributed by atoms with Gasteiger partial charge in [0.05, 0.1) is 18.7 Å². The molecular formula is C24H31N5O7. The molecule has 0 aromatic heterocycles. The van der Waals surface area contributed by atoms with Gasteiger partial charge in [0.2, 0.25) is 23.6 Å². The van der Waals surface area contributed by atoms with Gasteiger partial charge in [-0.25, -0.2) is 4.90 Å². The van der Waals surface area contributed by atoms with Gasteiger partial charge in [-0.2, -0.15) is 0 Å². The molecule has 1 heterocycles. The lowest BCUT2D eigenvalue weighted by Gasteiger charge is -2.19. The van der Waals surface area contributed by atoms with Crippen LogP contribution < -0.4 is 30.9 Å². The number of anilines is 1. The Morgan fingerprint density at radius 1 is 0.861 bits per heavy atom. The molecule has 1 aromatic rings. The normalized spacial score (nSPS) is 13.2. The Labute approximate surface area is 208 Å². The Balaban J connectivity index is 2.04. The van der Waals surface area contributed by atoms with Crippen LogP contribution in [-0.4, -0.2) is 69.2 Å². The number of carbonyl (C=O) groups is 6. The van der Waals surface area contributed by atoms with Crippen LogP contribution in [0.2, 0.25) is 0 Å². The van der Waals surface area contributed by atoms with Crippen LogP contribution in [-0.2, 0) is 35.2 Å². The largest absolute Gasteiger partial charge is 0.493 e. The summed E-state index contributed by atoms with van der Waals surface area (Å²) in [5, 5.41) is 10.1. The van der Waals surface area contributed by atoms with Crippen LogP contribution in [0.5, 0.6) is 5.75 Å². The number of hydrogen-bond acceptors (Lipinski definition) is 7. The van der Waals surface area contributed by atoms with E-state index in [9.17, 15) is 28.8 Å². The van der Waals surface area contributed by atoms with Crippen molar-refractivity contribution >= 4 is 41.1 Å². The number of rotatable bonds is 13. The third-order valence-electron chi connectivity index (χ3n) is 5.44. The lowest BCUT2D eigenvalue weighted by atomic mass is 10.1. The maximum absolute atomic E-state index is 12.4. The minimum atomic E-state index is -0.869. The molecule has 1 aromatic carbocycles. The molecule has 0 fully saturated rings. The Bertz CT molecular complexity index is 1040. The number of amides is 6. The van der Waals surface area contributed by atoms with Gasteiger partial charge in [0, 0.05) is 46.1 Å². The molecule has 0 spiro atoms. The molecule has 0 radical (unpaired) electrons. The van der Waals surface area contributed by atoms with Crippen LogP contribution in [0.25, 0.3) is 0 Å². The number of imide groups is 1. The van der Waals surface area contributed by atoms with Gasteiger partial charge in [-0.15, -0.1) is 0 Å². The van der Waals surface area contributed by atoms with Crippen LogP contribution in [0.1, 0.15) is 31.2 Å². The zero-order valence-corrected chi connectivity index (χ0v) is 20.5. The van der Waals surface area contributed by atoms with Crippen molar-refractivity contribution in [1.82, 2.24) is 21.3 Å². The molecular weight excluding hydrogens is 470 g/mol. The van der Waals surface area contributed by atoms with Crippen LogP contribution in [0.4, 0.5) is 5.69 Å². The number of ether oxygens (including phenoxy) is 1. The molecule has 1 unspecified atom stereocenters. The zero-order valence-electron chi connectivity index (χ0n) is 20.5. The summed E-state index contributed by atoms with van der Waals surface area (Å²) in [5.41, 5.74) is 0.925. The van der Waals surface area contributed by atoms with E-state index in [1.807, 2.05) is 0 Å². The van der Waals surface area contributed by atoms with Crippen molar-refractivity contribution in [2.75, 3.05) is 32.6 Å². The number of hydrogen-bond donors (Lipinski definition) is 4. The predicted molar refractivity (Wildman–Crippen MR) is 130 cm³/mol. The maximum atomic E-state index is 12.4. The maximum Gasteiger partial charge on any atom is 0.258 e. The van der Waals surface area contributed by atoms with E-state index in [1.165, 1.54) is 33.3 Å². The minimum Gasteiger partial charge on any atom is -0.493 e. The summed E-state index contributed by atoms with van der Waals surface area (Å²) in [6.45, 7) is -0.0306. The first-order valence-corrected chi connectivity index (χ1v) is 11.4. The van der Waals surface area contributed by atoms with Gasteiger partial charge in [0.25, 0.3) is 11.8 Å². The fraction of sp³-hybridized carbons (Fsp3) is 0.417. The molecule has 12 nitrogen and oxygen atoms in total. The molecule has 0 saturated heterocycles. The number of aryl methyl sites for hydroxylation is 1. The van der Waals surface area contributed by atoms with E-state index in [-0.39, 0.29) is 50.5 Å². The first-order valence-electron chi connectivity index (χ1n) is 11.4. The third-order valence-corrected chi connectivity index (χ3v) is 5.44. The van der Waals surface area contributed by atoms with Crippen LogP contribution in [0.15, 0.2) is 30.4 Å². The van der Waals surface area contributed by atoms with E-state index in [1.54, 1.807) is 18.2 Å². The summed E-state index contributed by atoms with van der Waals surface area (Å²) < 4.78 is 5.77. The van der Waals surface area contributed by atoms with Crippen molar-refractivity contribution in [3.63, 3.8) is 0 Å². The zero-order chi connectivity index (χ0) is 26.7. The summed E-state index contributed by atoms with van der Waals surface area (Å²) in [7, 11) is 4.44. The average Bonchev–Trinajstić information content (AvgIpc) is 3.22. The first-order chi connectivity index (χ1) is 17.2. The molecule has 12 heteroatoms. The standard InChI is InChI=1S/C24H31N5O7/c1-25-19(30)8-4-15-14-16(29-22(33)10-11-23(29)34)5-7-18(15)36-13-12-21(32)28-17(24(35)27-3)6-9-20(31)26-2/h5,7,10-11,14,17H,4,6,8-9,12-13H2,1-3H3,(H,25,30)(H,26,31)(H,27,35)(H,28,32). The highest BCUT2D eigenvalue weighted by atomic mass is 16.5. The monoisotopic (exact) mass is 501 g/mol. The van der Waals surface area contributed by atoms with E-state index in [0.29, 0.717) is 17.0 Å². The topological polar surface area (TPSA) is 163 Å². The van der Waals surface area contributed by atoms with E-state index in [0.717, 1.165) is 4.90 Å². The molecule has 6 amide bonds. The van der Waals surface area contributed by atoms with Crippen LogP contribution in [0.3, 0.4) is 0 Å². The minimum absolute atomic E-state index is 0.0306. The fourth-order valence-electron chi connectivity index (χ4n) is 3.43. The molecule has 36 heavy (non-hydrogen) atoms. The van der Waals surface area contributed by atoms with Crippen molar-refractivity contribution in [3.05, 3.63) is 35.9 Å². The first kappa shape index (κ1) is 28.0. The Kier molecular flexibility index (Phi) is 10.6. The molecule has 2 rings (SSSR count). The summed E-state index contributed by atoms with van der Waals surface area (Å²) in [6.07, 6.45) is 2.92. The highest BCUT2D eigenvalue weighted by Crippen LogP contribution is 2.28. The highest BCUT2D eigenvalue weighted by molar-refractivity contribution is 6.28. The molecule has 194 valence electrons. The highest BCUT2D eigenvalue weighted by Gasteiger charge is 2.26. The molecule has 1 atom stereocenters. The van der Waals surface area contributed by atoms with Gasteiger partial charge < -0.3 is 26.0 Å². The Morgan fingerprint density at radius 3 is 2.11 bits per heavy atom. The molecule has 1 aliphatic rings. The Morgan fingerprint density at radius 2 is 1.50 bits per heavy atom. The van der Waals surface area contributed by atoms with Gasteiger partial charge in [-0.1, -0.05) is 0 Å². The average molecular weight is 502 g/mol. The smallest absolute Gasteiger partial charge is 0.258 e. The SMILES string of the molecule is CNC(=O)CCc1cc(N2C(=O)C=CC2=O)ccc1OCCC(=O)NC(CCC(=O)NC)C(=O)NC. The second kappa shape index (κ2) is 13.6. The second-order valence-electron chi connectivity index (χ2n) is 7.86. The molecule has 4 N–H and O–H groups in total. The lowest BCUT2D eigenvalue weighted by Crippen LogP contribution is -2.46. The quantitative estimate of drug-likeness (QED) is 0.260.